The summed E-state index contributed by atoms with van der Waals surface area (Å²) in [5.74, 6) is 0.713. The number of hydrogen-bond donors (Lipinski definition) is 1. The predicted molar refractivity (Wildman–Crippen MR) is 92.0 cm³/mol. The van der Waals surface area contributed by atoms with Gasteiger partial charge in [-0.1, -0.05) is 30.3 Å². The fourth-order valence-electron chi connectivity index (χ4n) is 4.02. The third-order valence-corrected chi connectivity index (χ3v) is 5.25. The zero-order valence-corrected chi connectivity index (χ0v) is 14.1. The van der Waals surface area contributed by atoms with Gasteiger partial charge in [-0.05, 0) is 12.0 Å². The minimum Gasteiger partial charge on any atom is -0.381 e. The molecule has 2 amide bonds. The second-order valence-electron chi connectivity index (χ2n) is 6.65. The third kappa shape index (κ3) is 3.37. The zero-order valence-electron chi connectivity index (χ0n) is 14.1. The van der Waals surface area contributed by atoms with E-state index >= 15 is 0 Å². The number of nitrogens with zero attached hydrogens (tertiary/aromatic N) is 4. The fourth-order valence-corrected chi connectivity index (χ4v) is 4.02. The second-order valence-corrected chi connectivity index (χ2v) is 6.65. The molecule has 7 nitrogen and oxygen atoms in total. The smallest absolute Gasteiger partial charge is 0.317 e. The van der Waals surface area contributed by atoms with Gasteiger partial charge in [-0.25, -0.2) is 9.78 Å². The number of rotatable bonds is 4. The number of amides is 2. The Morgan fingerprint density at radius 3 is 3.00 bits per heavy atom. The Bertz CT molecular complexity index is 691. The van der Waals surface area contributed by atoms with Crippen molar-refractivity contribution in [3.63, 3.8) is 0 Å². The molecule has 132 valence electrons. The van der Waals surface area contributed by atoms with Crippen LogP contribution in [0.5, 0.6) is 0 Å². The highest BCUT2D eigenvalue weighted by Crippen LogP contribution is 2.40. The molecular formula is C18H23N5O2. The Hall–Kier alpha value is -2.41. The summed E-state index contributed by atoms with van der Waals surface area (Å²) < 4.78 is 7.43. The SMILES string of the molecule is O=C(NCCn1cncn1)N1C[C@H](c2ccccc2)[C@@H]2COCC[C@H]21. The lowest BCUT2D eigenvalue weighted by atomic mass is 9.84. The number of carbonyl (C=O) groups excluding carboxylic acids is 1. The van der Waals surface area contributed by atoms with Crippen molar-refractivity contribution in [1.29, 1.82) is 0 Å². The normalized spacial score (nSPS) is 25.6. The first-order valence-corrected chi connectivity index (χ1v) is 8.82. The van der Waals surface area contributed by atoms with E-state index in [0.29, 0.717) is 24.9 Å². The molecule has 0 radical (unpaired) electrons. The van der Waals surface area contributed by atoms with Crippen molar-refractivity contribution in [2.75, 3.05) is 26.3 Å². The van der Waals surface area contributed by atoms with Gasteiger partial charge in [-0.2, -0.15) is 5.10 Å². The number of aromatic nitrogens is 3. The summed E-state index contributed by atoms with van der Waals surface area (Å²) in [6.45, 7) is 3.37. The second kappa shape index (κ2) is 7.23. The van der Waals surface area contributed by atoms with Gasteiger partial charge in [0.05, 0.1) is 13.2 Å². The Kier molecular flexibility index (Phi) is 4.65. The van der Waals surface area contributed by atoms with Gasteiger partial charge in [0.25, 0.3) is 0 Å². The van der Waals surface area contributed by atoms with E-state index in [1.54, 1.807) is 11.0 Å². The number of ether oxygens (including phenoxy) is 1. The van der Waals surface area contributed by atoms with E-state index in [-0.39, 0.29) is 12.1 Å². The number of fused-ring (bicyclic) bond motifs is 1. The number of hydrogen-bond acceptors (Lipinski definition) is 4. The van der Waals surface area contributed by atoms with Crippen molar-refractivity contribution in [3.05, 3.63) is 48.5 Å². The van der Waals surface area contributed by atoms with Crippen LogP contribution < -0.4 is 5.32 Å². The van der Waals surface area contributed by atoms with Gasteiger partial charge in [0.1, 0.15) is 12.7 Å². The standard InChI is InChI=1S/C18H23N5O2/c24-18(20-7-8-22-13-19-12-21-22)23-10-15(14-4-2-1-3-5-14)16-11-25-9-6-17(16)23/h1-5,12-13,15-17H,6-11H2,(H,20,24)/t15-,16+,17-/m1/s1. The highest BCUT2D eigenvalue weighted by molar-refractivity contribution is 5.75. The molecule has 0 aliphatic carbocycles. The maximum atomic E-state index is 12.7. The first kappa shape index (κ1) is 16.1. The molecule has 1 aromatic carbocycles. The highest BCUT2D eigenvalue weighted by atomic mass is 16.5. The third-order valence-electron chi connectivity index (χ3n) is 5.25. The van der Waals surface area contributed by atoms with Gasteiger partial charge in [0, 0.05) is 37.6 Å². The molecule has 25 heavy (non-hydrogen) atoms. The average molecular weight is 341 g/mol. The molecule has 2 saturated heterocycles. The van der Waals surface area contributed by atoms with Crippen molar-refractivity contribution in [3.8, 4) is 0 Å². The molecular weight excluding hydrogens is 318 g/mol. The van der Waals surface area contributed by atoms with E-state index < -0.39 is 0 Å². The summed E-state index contributed by atoms with van der Waals surface area (Å²) in [6.07, 6.45) is 4.06. The van der Waals surface area contributed by atoms with Crippen LogP contribution >= 0.6 is 0 Å². The fraction of sp³-hybridized carbons (Fsp3) is 0.500. The molecule has 3 atom stereocenters. The predicted octanol–water partition coefficient (Wildman–Crippen LogP) is 1.49. The van der Waals surface area contributed by atoms with E-state index in [0.717, 1.165) is 26.2 Å². The molecule has 0 unspecified atom stereocenters. The van der Waals surface area contributed by atoms with Crippen molar-refractivity contribution < 1.29 is 9.53 Å². The van der Waals surface area contributed by atoms with Gasteiger partial charge in [0.2, 0.25) is 0 Å². The molecule has 2 aliphatic rings. The number of urea groups is 1. The molecule has 1 aromatic heterocycles. The van der Waals surface area contributed by atoms with Crippen molar-refractivity contribution in [2.24, 2.45) is 5.92 Å². The summed E-state index contributed by atoms with van der Waals surface area (Å²) in [4.78, 5) is 18.7. The average Bonchev–Trinajstić information content (AvgIpc) is 3.30. The molecule has 7 heteroatoms. The van der Waals surface area contributed by atoms with Crippen LogP contribution in [0.2, 0.25) is 0 Å². The Labute approximate surface area is 147 Å². The van der Waals surface area contributed by atoms with Crippen LogP contribution in [0.4, 0.5) is 4.79 Å². The van der Waals surface area contributed by atoms with E-state index in [9.17, 15) is 4.79 Å². The lowest BCUT2D eigenvalue weighted by Gasteiger charge is -2.32. The summed E-state index contributed by atoms with van der Waals surface area (Å²) >= 11 is 0. The minimum absolute atomic E-state index is 0.00967. The number of benzene rings is 1. The summed E-state index contributed by atoms with van der Waals surface area (Å²) in [7, 11) is 0. The maximum absolute atomic E-state index is 12.7. The van der Waals surface area contributed by atoms with Crippen LogP contribution in [0.1, 0.15) is 17.9 Å². The molecule has 2 aromatic rings. The molecule has 3 heterocycles. The molecule has 0 saturated carbocycles. The van der Waals surface area contributed by atoms with E-state index in [1.165, 1.54) is 11.9 Å². The van der Waals surface area contributed by atoms with Crippen LogP contribution in [0.15, 0.2) is 43.0 Å². The molecule has 2 aliphatic heterocycles. The summed E-state index contributed by atoms with van der Waals surface area (Å²) in [6, 6.07) is 10.7. The molecule has 0 spiro atoms. The molecule has 4 rings (SSSR count). The van der Waals surface area contributed by atoms with Crippen LogP contribution in [0, 0.1) is 5.92 Å². The van der Waals surface area contributed by atoms with E-state index in [1.807, 2.05) is 11.0 Å². The molecule has 1 N–H and O–H groups in total. The number of nitrogens with one attached hydrogen (secondary N) is 1. The lowest BCUT2D eigenvalue weighted by Crippen LogP contribution is -2.47. The van der Waals surface area contributed by atoms with Crippen molar-refractivity contribution in [1.82, 2.24) is 25.0 Å². The molecule has 2 fully saturated rings. The highest BCUT2D eigenvalue weighted by Gasteiger charge is 2.45. The number of likely N-dealkylation sites (tertiary alicyclic amines) is 1. The quantitative estimate of drug-likeness (QED) is 0.915. The summed E-state index contributed by atoms with van der Waals surface area (Å²) in [5, 5.41) is 7.08. The number of carbonyl (C=O) groups is 1. The van der Waals surface area contributed by atoms with Crippen LogP contribution in [0.3, 0.4) is 0 Å². The lowest BCUT2D eigenvalue weighted by molar-refractivity contribution is 0.0261. The van der Waals surface area contributed by atoms with Gasteiger partial charge >= 0.3 is 6.03 Å². The topological polar surface area (TPSA) is 72.3 Å². The Morgan fingerprint density at radius 2 is 2.20 bits per heavy atom. The largest absolute Gasteiger partial charge is 0.381 e. The first-order chi connectivity index (χ1) is 12.3. The monoisotopic (exact) mass is 341 g/mol. The molecule has 0 bridgehead atoms. The van der Waals surface area contributed by atoms with Crippen LogP contribution in [-0.2, 0) is 11.3 Å². The Morgan fingerprint density at radius 1 is 1.32 bits per heavy atom. The van der Waals surface area contributed by atoms with Gasteiger partial charge in [0.15, 0.2) is 0 Å². The van der Waals surface area contributed by atoms with Crippen molar-refractivity contribution in [2.45, 2.75) is 24.9 Å². The van der Waals surface area contributed by atoms with E-state index in [2.05, 4.69) is 39.7 Å². The van der Waals surface area contributed by atoms with Gasteiger partial charge < -0.3 is 15.0 Å². The van der Waals surface area contributed by atoms with Gasteiger partial charge in [-0.15, -0.1) is 0 Å². The minimum atomic E-state index is 0.00967. The Balaban J connectivity index is 1.42. The van der Waals surface area contributed by atoms with Crippen LogP contribution in [-0.4, -0.2) is 58.0 Å². The van der Waals surface area contributed by atoms with Crippen LogP contribution in [0.25, 0.3) is 0 Å². The summed E-state index contributed by atoms with van der Waals surface area (Å²) in [5.41, 5.74) is 1.29. The van der Waals surface area contributed by atoms with E-state index in [4.69, 9.17) is 4.74 Å². The zero-order chi connectivity index (χ0) is 17.1. The first-order valence-electron chi connectivity index (χ1n) is 8.82. The van der Waals surface area contributed by atoms with Crippen molar-refractivity contribution >= 4 is 6.03 Å². The maximum Gasteiger partial charge on any atom is 0.317 e. The van der Waals surface area contributed by atoms with Gasteiger partial charge in [-0.3, -0.25) is 4.68 Å².